The molecule has 54 valence electrons. The van der Waals surface area contributed by atoms with Crippen LogP contribution in [0, 0.1) is 0 Å². The van der Waals surface area contributed by atoms with Crippen LogP contribution >= 0.6 is 11.6 Å². The Morgan fingerprint density at radius 1 is 1.89 bits per heavy atom. The first kappa shape index (κ1) is 8.72. The first-order valence-corrected chi connectivity index (χ1v) is 3.12. The number of esters is 1. The van der Waals surface area contributed by atoms with Crippen LogP contribution in [-0.4, -0.2) is 29.7 Å². The fourth-order valence-corrected chi connectivity index (χ4v) is 0.337. The van der Waals surface area contributed by atoms with Gasteiger partial charge in [-0.2, -0.15) is 0 Å². The second-order valence-corrected chi connectivity index (χ2v) is 1.91. The van der Waals surface area contributed by atoms with Crippen LogP contribution in [0.15, 0.2) is 0 Å². The molecule has 0 aliphatic carbocycles. The van der Waals surface area contributed by atoms with Crippen molar-refractivity contribution < 1.29 is 14.6 Å². The van der Waals surface area contributed by atoms with Crippen molar-refractivity contribution in [2.75, 3.05) is 12.5 Å². The average Bonchev–Trinajstić information content (AvgIpc) is 1.82. The van der Waals surface area contributed by atoms with Crippen LogP contribution in [0.3, 0.4) is 0 Å². The highest BCUT2D eigenvalue weighted by molar-refractivity contribution is 6.18. The first-order chi connectivity index (χ1) is 4.18. The Kier molecular flexibility index (Phi) is 4.44. The highest BCUT2D eigenvalue weighted by atomic mass is 35.5. The van der Waals surface area contributed by atoms with E-state index in [1.54, 1.807) is 0 Å². The predicted octanol–water partition coefficient (Wildman–Crippen LogP) is 0.149. The maximum absolute atomic E-state index is 10.4. The van der Waals surface area contributed by atoms with Gasteiger partial charge in [-0.3, -0.25) is 0 Å². The third-order valence-electron chi connectivity index (χ3n) is 0.663. The van der Waals surface area contributed by atoms with E-state index in [4.69, 9.17) is 16.7 Å². The van der Waals surface area contributed by atoms with E-state index in [0.717, 1.165) is 0 Å². The zero-order chi connectivity index (χ0) is 7.28. The normalized spacial score (nSPS) is 12.8. The van der Waals surface area contributed by atoms with Crippen molar-refractivity contribution in [3.8, 4) is 0 Å². The molecule has 0 aliphatic heterocycles. The Labute approximate surface area is 58.6 Å². The van der Waals surface area contributed by atoms with E-state index in [9.17, 15) is 4.79 Å². The number of carbonyl (C=O) groups excluding carboxylic acids is 1. The third-order valence-corrected chi connectivity index (χ3v) is 0.817. The van der Waals surface area contributed by atoms with E-state index in [1.165, 1.54) is 6.92 Å². The quantitative estimate of drug-likeness (QED) is 0.463. The lowest BCUT2D eigenvalue weighted by molar-refractivity contribution is -0.151. The molecule has 0 spiro atoms. The molecule has 0 aromatic carbocycles. The minimum atomic E-state index is -1.05. The molecule has 0 aromatic rings. The van der Waals surface area contributed by atoms with Crippen LogP contribution in [0.25, 0.3) is 0 Å². The van der Waals surface area contributed by atoms with Gasteiger partial charge >= 0.3 is 5.97 Å². The minimum absolute atomic E-state index is 0.158. The second kappa shape index (κ2) is 4.58. The molecule has 0 aliphatic rings. The highest BCUT2D eigenvalue weighted by Gasteiger charge is 2.08. The summed E-state index contributed by atoms with van der Waals surface area (Å²) in [6, 6.07) is 0. The Morgan fingerprint density at radius 3 is 2.78 bits per heavy atom. The zero-order valence-electron chi connectivity index (χ0n) is 5.13. The molecule has 0 unspecified atom stereocenters. The average molecular weight is 153 g/mol. The van der Waals surface area contributed by atoms with Gasteiger partial charge in [0.05, 0.1) is 5.88 Å². The number of ether oxygens (including phenoxy) is 1. The summed E-state index contributed by atoms with van der Waals surface area (Å²) in [5, 5.41) is 8.53. The van der Waals surface area contributed by atoms with Gasteiger partial charge in [-0.1, -0.05) is 0 Å². The van der Waals surface area contributed by atoms with Gasteiger partial charge < -0.3 is 9.84 Å². The van der Waals surface area contributed by atoms with Gasteiger partial charge in [0.2, 0.25) is 0 Å². The first-order valence-electron chi connectivity index (χ1n) is 2.59. The van der Waals surface area contributed by atoms with Crippen LogP contribution in [-0.2, 0) is 9.53 Å². The maximum Gasteiger partial charge on any atom is 0.334 e. The highest BCUT2D eigenvalue weighted by Crippen LogP contribution is 1.86. The van der Waals surface area contributed by atoms with Gasteiger partial charge in [-0.15, -0.1) is 11.6 Å². The molecule has 1 atom stereocenters. The number of halogens is 1. The van der Waals surface area contributed by atoms with Crippen LogP contribution in [0.1, 0.15) is 6.92 Å². The molecule has 1 N–H and O–H groups in total. The van der Waals surface area contributed by atoms with E-state index in [-0.39, 0.29) is 12.5 Å². The summed E-state index contributed by atoms with van der Waals surface area (Å²) >= 11 is 5.19. The lowest BCUT2D eigenvalue weighted by Gasteiger charge is -2.02. The molecule has 0 saturated carbocycles. The lowest BCUT2D eigenvalue weighted by Crippen LogP contribution is -2.20. The lowest BCUT2D eigenvalue weighted by atomic mass is 10.4. The van der Waals surface area contributed by atoms with Gasteiger partial charge in [-0.25, -0.2) is 4.79 Å². The van der Waals surface area contributed by atoms with Crippen molar-refractivity contribution in [2.45, 2.75) is 13.0 Å². The Bertz CT molecular complexity index is 92.2. The number of aliphatic hydroxyl groups excluding tert-OH is 1. The van der Waals surface area contributed by atoms with Crippen LogP contribution in [0.4, 0.5) is 0 Å². The fraction of sp³-hybridized carbons (Fsp3) is 0.800. The van der Waals surface area contributed by atoms with E-state index < -0.39 is 12.1 Å². The fourth-order valence-electron chi connectivity index (χ4n) is 0.260. The summed E-state index contributed by atoms with van der Waals surface area (Å²) < 4.78 is 4.43. The topological polar surface area (TPSA) is 46.5 Å². The van der Waals surface area contributed by atoms with Crippen molar-refractivity contribution in [3.05, 3.63) is 0 Å². The van der Waals surface area contributed by atoms with Crippen molar-refractivity contribution in [2.24, 2.45) is 0 Å². The standard InChI is InChI=1S/C5H9ClO3/c1-4(7)5(8)9-3-2-6/h4,7H,2-3H2,1H3/t4-/m1/s1. The number of hydrogen-bond donors (Lipinski definition) is 1. The molecule has 0 amide bonds. The van der Waals surface area contributed by atoms with Gasteiger partial charge in [0.1, 0.15) is 12.7 Å². The van der Waals surface area contributed by atoms with Gasteiger partial charge in [0.15, 0.2) is 0 Å². The Hall–Kier alpha value is -0.280. The van der Waals surface area contributed by atoms with Gasteiger partial charge in [-0.05, 0) is 6.92 Å². The third kappa shape index (κ3) is 4.24. The molecule has 0 fully saturated rings. The molecule has 9 heavy (non-hydrogen) atoms. The number of alkyl halides is 1. The van der Waals surface area contributed by atoms with E-state index >= 15 is 0 Å². The molecule has 4 heteroatoms. The second-order valence-electron chi connectivity index (χ2n) is 1.53. The summed E-state index contributed by atoms with van der Waals surface area (Å²) in [4.78, 5) is 10.4. The van der Waals surface area contributed by atoms with Crippen molar-refractivity contribution in [1.29, 1.82) is 0 Å². The summed E-state index contributed by atoms with van der Waals surface area (Å²) in [6.45, 7) is 1.50. The SMILES string of the molecule is C[C@@H](O)C(=O)OCCCl. The van der Waals surface area contributed by atoms with E-state index in [1.807, 2.05) is 0 Å². The van der Waals surface area contributed by atoms with Gasteiger partial charge in [0.25, 0.3) is 0 Å². The molecule has 0 heterocycles. The number of aliphatic hydroxyl groups is 1. The number of carbonyl (C=O) groups is 1. The largest absolute Gasteiger partial charge is 0.463 e. The molecule has 0 rings (SSSR count). The molecule has 0 aromatic heterocycles. The number of hydrogen-bond acceptors (Lipinski definition) is 3. The summed E-state index contributed by atoms with van der Waals surface area (Å²) in [6.07, 6.45) is -1.05. The van der Waals surface area contributed by atoms with E-state index in [0.29, 0.717) is 0 Å². The van der Waals surface area contributed by atoms with Gasteiger partial charge in [0, 0.05) is 0 Å². The molecule has 0 radical (unpaired) electrons. The maximum atomic E-state index is 10.4. The Balaban J connectivity index is 3.28. The molecular weight excluding hydrogens is 144 g/mol. The number of rotatable bonds is 3. The van der Waals surface area contributed by atoms with Crippen molar-refractivity contribution in [1.82, 2.24) is 0 Å². The molecule has 0 saturated heterocycles. The molecule has 3 nitrogen and oxygen atoms in total. The van der Waals surface area contributed by atoms with Crippen molar-refractivity contribution >= 4 is 17.6 Å². The predicted molar refractivity (Wildman–Crippen MR) is 33.4 cm³/mol. The summed E-state index contributed by atoms with van der Waals surface area (Å²) in [5.41, 5.74) is 0. The summed E-state index contributed by atoms with van der Waals surface area (Å²) in [7, 11) is 0. The zero-order valence-corrected chi connectivity index (χ0v) is 5.89. The van der Waals surface area contributed by atoms with Crippen LogP contribution in [0.5, 0.6) is 0 Å². The smallest absolute Gasteiger partial charge is 0.334 e. The van der Waals surface area contributed by atoms with E-state index in [2.05, 4.69) is 4.74 Å². The molecule has 0 bridgehead atoms. The monoisotopic (exact) mass is 152 g/mol. The summed E-state index contributed by atoms with van der Waals surface area (Å²) in [5.74, 6) is -0.367. The molecular formula is C5H9ClO3. The van der Waals surface area contributed by atoms with Crippen LogP contribution in [0.2, 0.25) is 0 Å². The Morgan fingerprint density at radius 2 is 2.44 bits per heavy atom. The van der Waals surface area contributed by atoms with Crippen molar-refractivity contribution in [3.63, 3.8) is 0 Å². The van der Waals surface area contributed by atoms with Crippen LogP contribution < -0.4 is 0 Å². The minimum Gasteiger partial charge on any atom is -0.463 e.